The van der Waals surface area contributed by atoms with Gasteiger partial charge < -0.3 is 35.5 Å². The second kappa shape index (κ2) is 17.6. The smallest absolute Gasteiger partial charge is 0.306 e. The van der Waals surface area contributed by atoms with Crippen molar-refractivity contribution in [2.24, 2.45) is 35.3 Å². The van der Waals surface area contributed by atoms with Crippen LogP contribution in [0.2, 0.25) is 0 Å². The topological polar surface area (TPSA) is 140 Å². The predicted molar refractivity (Wildman–Crippen MR) is 160 cm³/mol. The molecule has 2 rings (SSSR count). The number of hydrogen-bond acceptors (Lipinski definition) is 7. The number of methoxy groups -OCH3 is 2. The molecule has 1 amide bonds. The average molecular weight is 579 g/mol. The van der Waals surface area contributed by atoms with E-state index in [-0.39, 0.29) is 35.6 Å². The predicted octanol–water partition coefficient (Wildman–Crippen LogP) is 4.43. The highest BCUT2D eigenvalue weighted by Gasteiger charge is 2.32. The molecule has 1 aromatic carbocycles. The highest BCUT2D eigenvalue weighted by atomic mass is 16.5. The minimum Gasteiger partial charge on any atom is -0.493 e. The zero-order valence-electron chi connectivity index (χ0n) is 25.9. The van der Waals surface area contributed by atoms with Gasteiger partial charge in [-0.1, -0.05) is 33.8 Å². The first kappa shape index (κ1) is 34.8. The van der Waals surface area contributed by atoms with Crippen LogP contribution < -0.4 is 20.5 Å². The number of carboxylic acid groups (broad SMARTS) is 1. The fourth-order valence-corrected chi connectivity index (χ4v) is 5.66. The molecule has 1 aliphatic rings. The lowest BCUT2D eigenvalue weighted by atomic mass is 9.80. The van der Waals surface area contributed by atoms with E-state index in [1.54, 1.807) is 14.2 Å². The number of hydrogen-bond donors (Lipinski definition) is 4. The van der Waals surface area contributed by atoms with Crippen LogP contribution in [0.4, 0.5) is 0 Å². The monoisotopic (exact) mass is 578 g/mol. The van der Waals surface area contributed by atoms with Gasteiger partial charge in [-0.3, -0.25) is 9.59 Å². The standard InChI is InChI=1S/C32H54N2O7/c1-20(2)24(16-22-8-13-29(40-6)30(17-22)41-15-7-14-39-5)18-27(33)28(35)19-26(21(3)4)31(36)34-25-11-9-23(10-12-25)32(37)38/h8,13,17,20-21,23-28,35H,7,9-12,14-16,18-19,33H2,1-6H3,(H,34,36)(H,37,38)/t23?,24-,25?,26-,27-,28-/m0/s1. The van der Waals surface area contributed by atoms with Gasteiger partial charge in [-0.25, -0.2) is 0 Å². The van der Waals surface area contributed by atoms with Crippen molar-refractivity contribution >= 4 is 11.9 Å². The maximum absolute atomic E-state index is 13.2. The molecule has 0 radical (unpaired) electrons. The number of nitrogens with two attached hydrogens (primary N) is 1. The van der Waals surface area contributed by atoms with Crippen LogP contribution in [-0.2, 0) is 20.7 Å². The minimum atomic E-state index is -0.812. The molecule has 1 aliphatic carbocycles. The molecule has 1 aromatic rings. The number of carboxylic acids is 1. The molecule has 0 spiro atoms. The Morgan fingerprint density at radius 2 is 1.68 bits per heavy atom. The Morgan fingerprint density at radius 1 is 1.00 bits per heavy atom. The summed E-state index contributed by atoms with van der Waals surface area (Å²) in [5.74, 6) is 0.460. The van der Waals surface area contributed by atoms with Gasteiger partial charge in [0.25, 0.3) is 0 Å². The fourth-order valence-electron chi connectivity index (χ4n) is 5.66. The van der Waals surface area contributed by atoms with Crippen molar-refractivity contribution in [3.8, 4) is 11.5 Å². The Hall–Kier alpha value is -2.36. The molecule has 5 N–H and O–H groups in total. The van der Waals surface area contributed by atoms with Crippen LogP contribution in [0.1, 0.15) is 78.2 Å². The lowest BCUT2D eigenvalue weighted by Gasteiger charge is -2.32. The van der Waals surface area contributed by atoms with E-state index in [0.29, 0.717) is 69.2 Å². The van der Waals surface area contributed by atoms with Crippen molar-refractivity contribution in [2.75, 3.05) is 27.4 Å². The summed E-state index contributed by atoms with van der Waals surface area (Å²) in [6.07, 6.45) is 4.15. The third-order valence-corrected chi connectivity index (χ3v) is 8.55. The molecule has 0 bridgehead atoms. The largest absolute Gasteiger partial charge is 0.493 e. The van der Waals surface area contributed by atoms with Gasteiger partial charge in [0.2, 0.25) is 5.91 Å². The Balaban J connectivity index is 1.98. The van der Waals surface area contributed by atoms with Crippen molar-refractivity contribution in [1.29, 1.82) is 0 Å². The summed E-state index contributed by atoms with van der Waals surface area (Å²) in [5.41, 5.74) is 7.68. The van der Waals surface area contributed by atoms with E-state index in [0.717, 1.165) is 18.4 Å². The molecule has 1 fully saturated rings. The van der Waals surface area contributed by atoms with Crippen LogP contribution >= 0.6 is 0 Å². The van der Waals surface area contributed by atoms with Gasteiger partial charge >= 0.3 is 5.97 Å². The molecule has 0 heterocycles. The Bertz CT molecular complexity index is 931. The number of carbonyl (C=O) groups excluding carboxylic acids is 1. The van der Waals surface area contributed by atoms with Gasteiger partial charge in [-0.2, -0.15) is 0 Å². The molecule has 9 nitrogen and oxygen atoms in total. The van der Waals surface area contributed by atoms with Crippen molar-refractivity contribution in [3.63, 3.8) is 0 Å². The summed E-state index contributed by atoms with van der Waals surface area (Å²) >= 11 is 0. The van der Waals surface area contributed by atoms with Gasteiger partial charge in [0.1, 0.15) is 0 Å². The summed E-state index contributed by atoms with van der Waals surface area (Å²) in [5, 5.41) is 23.5. The summed E-state index contributed by atoms with van der Waals surface area (Å²) in [4.78, 5) is 24.4. The Kier molecular flexibility index (Phi) is 14.9. The molecule has 0 aliphatic heterocycles. The number of carbonyl (C=O) groups is 2. The van der Waals surface area contributed by atoms with Crippen LogP contribution in [0.25, 0.3) is 0 Å². The fraction of sp³-hybridized carbons (Fsp3) is 0.750. The second-order valence-corrected chi connectivity index (χ2v) is 12.3. The highest BCUT2D eigenvalue weighted by molar-refractivity contribution is 5.79. The van der Waals surface area contributed by atoms with E-state index in [2.05, 4.69) is 19.2 Å². The lowest BCUT2D eigenvalue weighted by Crippen LogP contribution is -2.46. The van der Waals surface area contributed by atoms with Crippen molar-refractivity contribution in [3.05, 3.63) is 23.8 Å². The highest BCUT2D eigenvalue weighted by Crippen LogP contribution is 2.32. The maximum Gasteiger partial charge on any atom is 0.306 e. The number of rotatable bonds is 18. The number of aliphatic hydroxyl groups is 1. The van der Waals surface area contributed by atoms with E-state index in [1.165, 1.54) is 0 Å². The van der Waals surface area contributed by atoms with Crippen molar-refractivity contribution < 1.29 is 34.0 Å². The average Bonchev–Trinajstić information content (AvgIpc) is 2.93. The zero-order valence-corrected chi connectivity index (χ0v) is 25.9. The van der Waals surface area contributed by atoms with Crippen molar-refractivity contribution in [1.82, 2.24) is 5.32 Å². The zero-order chi connectivity index (χ0) is 30.5. The summed E-state index contributed by atoms with van der Waals surface area (Å²) in [6.45, 7) is 9.47. The van der Waals surface area contributed by atoms with E-state index in [1.807, 2.05) is 32.0 Å². The number of benzene rings is 1. The molecular formula is C32H54N2O7. The van der Waals surface area contributed by atoms with E-state index >= 15 is 0 Å². The molecule has 41 heavy (non-hydrogen) atoms. The van der Waals surface area contributed by atoms with Gasteiger partial charge in [0.05, 0.1) is 25.7 Å². The van der Waals surface area contributed by atoms with Gasteiger partial charge in [-0.05, 0) is 80.4 Å². The molecule has 9 heteroatoms. The first-order valence-electron chi connectivity index (χ1n) is 15.2. The quantitative estimate of drug-likeness (QED) is 0.188. The minimum absolute atomic E-state index is 0.0196. The normalized spacial score (nSPS) is 20.3. The Morgan fingerprint density at radius 3 is 2.24 bits per heavy atom. The number of aliphatic hydroxyl groups excluding tert-OH is 1. The number of nitrogens with one attached hydrogen (secondary N) is 1. The molecule has 0 aromatic heterocycles. The van der Waals surface area contributed by atoms with Crippen LogP contribution in [0.3, 0.4) is 0 Å². The van der Waals surface area contributed by atoms with Gasteiger partial charge in [-0.15, -0.1) is 0 Å². The molecule has 0 saturated heterocycles. The lowest BCUT2D eigenvalue weighted by molar-refractivity contribution is -0.142. The van der Waals surface area contributed by atoms with Gasteiger partial charge in [0.15, 0.2) is 11.5 Å². The van der Waals surface area contributed by atoms with Gasteiger partial charge in [0, 0.05) is 38.1 Å². The number of amides is 1. The second-order valence-electron chi connectivity index (χ2n) is 12.3. The van der Waals surface area contributed by atoms with Crippen LogP contribution in [-0.4, -0.2) is 67.7 Å². The first-order chi connectivity index (χ1) is 19.5. The van der Waals surface area contributed by atoms with E-state index in [4.69, 9.17) is 19.9 Å². The van der Waals surface area contributed by atoms with Crippen LogP contribution in [0.5, 0.6) is 11.5 Å². The number of ether oxygens (including phenoxy) is 3. The summed E-state index contributed by atoms with van der Waals surface area (Å²) in [6, 6.07) is 5.50. The number of aliphatic carboxylic acids is 1. The van der Waals surface area contributed by atoms with Crippen molar-refractivity contribution in [2.45, 2.75) is 97.2 Å². The maximum atomic E-state index is 13.2. The third kappa shape index (κ3) is 11.4. The molecular weight excluding hydrogens is 524 g/mol. The first-order valence-corrected chi connectivity index (χ1v) is 15.2. The van der Waals surface area contributed by atoms with E-state index in [9.17, 15) is 19.8 Å². The summed E-state index contributed by atoms with van der Waals surface area (Å²) in [7, 11) is 3.30. The van der Waals surface area contributed by atoms with Crippen LogP contribution in [0.15, 0.2) is 18.2 Å². The Labute approximate surface area is 246 Å². The van der Waals surface area contributed by atoms with Crippen LogP contribution in [0, 0.1) is 29.6 Å². The molecule has 1 saturated carbocycles. The third-order valence-electron chi connectivity index (χ3n) is 8.55. The SMILES string of the molecule is COCCCOc1cc(C[C@@H](C[C@H](N)[C@@H](O)C[C@H](C(=O)NC2CCC(C(=O)O)CC2)C(C)C)C(C)C)ccc1OC. The molecule has 234 valence electrons. The summed E-state index contributed by atoms with van der Waals surface area (Å²) < 4.78 is 16.5. The van der Waals surface area contributed by atoms with E-state index < -0.39 is 18.1 Å². The molecule has 4 atom stereocenters. The molecule has 0 unspecified atom stereocenters.